The van der Waals surface area contributed by atoms with Gasteiger partial charge in [-0.3, -0.25) is 4.79 Å². The predicted molar refractivity (Wildman–Crippen MR) is 87.7 cm³/mol. The number of ether oxygens (including phenoxy) is 1. The second-order valence-corrected chi connectivity index (χ2v) is 5.16. The maximum absolute atomic E-state index is 11.5. The van der Waals surface area contributed by atoms with Gasteiger partial charge in [0.25, 0.3) is 0 Å². The van der Waals surface area contributed by atoms with Gasteiger partial charge in [0, 0.05) is 30.9 Å². The van der Waals surface area contributed by atoms with E-state index in [1.54, 1.807) is 7.11 Å². The molecule has 4 N–H and O–H groups in total. The van der Waals surface area contributed by atoms with Crippen molar-refractivity contribution in [2.45, 2.75) is 39.2 Å². The van der Waals surface area contributed by atoms with Crippen LogP contribution in [0.5, 0.6) is 0 Å². The number of methoxy groups -OCH3 is 1. The summed E-state index contributed by atoms with van der Waals surface area (Å²) in [6, 6.07) is 6.10. The number of hydrogen-bond acceptors (Lipinski definition) is 4. The minimum absolute atomic E-state index is 0.0152. The van der Waals surface area contributed by atoms with Crippen molar-refractivity contribution >= 4 is 17.3 Å². The lowest BCUT2D eigenvalue weighted by Gasteiger charge is -2.21. The van der Waals surface area contributed by atoms with Gasteiger partial charge in [-0.1, -0.05) is 13.0 Å². The molecule has 0 aliphatic carbocycles. The highest BCUT2D eigenvalue weighted by Crippen LogP contribution is 2.22. The maximum atomic E-state index is 11.5. The second kappa shape index (κ2) is 9.37. The highest BCUT2D eigenvalue weighted by Gasteiger charge is 2.10. The molecule has 0 bridgehead atoms. The SMILES string of the molecule is CCC(=O)Nc1ccc(C)c(NC(CCCN)COC)c1. The number of carbonyl (C=O) groups excluding carboxylic acids is 1. The number of benzene rings is 1. The average molecular weight is 293 g/mol. The third-order valence-corrected chi connectivity index (χ3v) is 3.33. The molecule has 5 heteroatoms. The van der Waals surface area contributed by atoms with Crippen LogP contribution in [-0.4, -0.2) is 32.2 Å². The Morgan fingerprint density at radius 2 is 2.19 bits per heavy atom. The van der Waals surface area contributed by atoms with Crippen molar-refractivity contribution in [2.24, 2.45) is 5.73 Å². The van der Waals surface area contributed by atoms with Crippen molar-refractivity contribution in [1.82, 2.24) is 0 Å². The van der Waals surface area contributed by atoms with Crippen LogP contribution in [0.4, 0.5) is 11.4 Å². The molecule has 0 fully saturated rings. The van der Waals surface area contributed by atoms with Crippen LogP contribution in [0.15, 0.2) is 18.2 Å². The van der Waals surface area contributed by atoms with Crippen LogP contribution in [0.1, 0.15) is 31.7 Å². The molecule has 0 radical (unpaired) electrons. The molecule has 1 atom stereocenters. The Hall–Kier alpha value is -1.59. The van der Waals surface area contributed by atoms with Crippen LogP contribution in [0.2, 0.25) is 0 Å². The first kappa shape index (κ1) is 17.5. The summed E-state index contributed by atoms with van der Waals surface area (Å²) < 4.78 is 5.25. The largest absolute Gasteiger partial charge is 0.383 e. The molecule has 0 aliphatic heterocycles. The predicted octanol–water partition coefficient (Wildman–Crippen LogP) is 2.51. The van der Waals surface area contributed by atoms with Crippen molar-refractivity contribution in [1.29, 1.82) is 0 Å². The zero-order chi connectivity index (χ0) is 15.7. The molecule has 0 aromatic heterocycles. The highest BCUT2D eigenvalue weighted by atomic mass is 16.5. The number of nitrogens with one attached hydrogen (secondary N) is 2. The minimum atomic E-state index is 0.0152. The van der Waals surface area contributed by atoms with Gasteiger partial charge in [0.05, 0.1) is 6.61 Å². The molecule has 1 aromatic carbocycles. The van der Waals surface area contributed by atoms with Gasteiger partial charge in [0.15, 0.2) is 0 Å². The molecule has 0 saturated carbocycles. The number of nitrogens with two attached hydrogens (primary N) is 1. The molecule has 1 unspecified atom stereocenters. The molecule has 0 heterocycles. The van der Waals surface area contributed by atoms with Crippen LogP contribution in [-0.2, 0) is 9.53 Å². The summed E-state index contributed by atoms with van der Waals surface area (Å²) in [7, 11) is 1.70. The van der Waals surface area contributed by atoms with Crippen molar-refractivity contribution in [3.05, 3.63) is 23.8 Å². The van der Waals surface area contributed by atoms with E-state index in [4.69, 9.17) is 10.5 Å². The van der Waals surface area contributed by atoms with Crippen molar-refractivity contribution in [3.63, 3.8) is 0 Å². The van der Waals surface area contributed by atoms with Crippen LogP contribution in [0, 0.1) is 6.92 Å². The van der Waals surface area contributed by atoms with Gasteiger partial charge >= 0.3 is 0 Å². The lowest BCUT2D eigenvalue weighted by molar-refractivity contribution is -0.115. The summed E-state index contributed by atoms with van der Waals surface area (Å²) >= 11 is 0. The normalized spacial score (nSPS) is 12.0. The van der Waals surface area contributed by atoms with E-state index < -0.39 is 0 Å². The number of aryl methyl sites for hydroxylation is 1. The summed E-state index contributed by atoms with van der Waals surface area (Å²) in [6.07, 6.45) is 2.38. The fourth-order valence-corrected chi connectivity index (χ4v) is 2.09. The Labute approximate surface area is 127 Å². The Balaban J connectivity index is 2.78. The second-order valence-electron chi connectivity index (χ2n) is 5.16. The van der Waals surface area contributed by atoms with Gasteiger partial charge in [-0.2, -0.15) is 0 Å². The molecule has 0 saturated heterocycles. The fourth-order valence-electron chi connectivity index (χ4n) is 2.09. The number of amides is 1. The maximum Gasteiger partial charge on any atom is 0.224 e. The monoisotopic (exact) mass is 293 g/mol. The van der Waals surface area contributed by atoms with Gasteiger partial charge in [-0.05, 0) is 44.0 Å². The summed E-state index contributed by atoms with van der Waals surface area (Å²) in [4.78, 5) is 11.5. The molecule has 21 heavy (non-hydrogen) atoms. The molecule has 1 rings (SSSR count). The number of rotatable bonds is 9. The third kappa shape index (κ3) is 6.14. The van der Waals surface area contributed by atoms with Gasteiger partial charge < -0.3 is 21.1 Å². The van der Waals surface area contributed by atoms with Crippen LogP contribution in [0.3, 0.4) is 0 Å². The zero-order valence-corrected chi connectivity index (χ0v) is 13.2. The van der Waals surface area contributed by atoms with E-state index in [2.05, 4.69) is 10.6 Å². The van der Waals surface area contributed by atoms with E-state index in [1.807, 2.05) is 32.0 Å². The Morgan fingerprint density at radius 3 is 2.81 bits per heavy atom. The van der Waals surface area contributed by atoms with E-state index in [1.165, 1.54) is 0 Å². The average Bonchev–Trinajstić information content (AvgIpc) is 2.48. The quantitative estimate of drug-likeness (QED) is 0.654. The van der Waals surface area contributed by atoms with Crippen LogP contribution < -0.4 is 16.4 Å². The van der Waals surface area contributed by atoms with Crippen LogP contribution >= 0.6 is 0 Å². The van der Waals surface area contributed by atoms with E-state index in [9.17, 15) is 4.79 Å². The molecule has 1 aromatic rings. The summed E-state index contributed by atoms with van der Waals surface area (Å²) in [6.45, 7) is 5.18. The first-order valence-corrected chi connectivity index (χ1v) is 7.46. The molecule has 118 valence electrons. The topological polar surface area (TPSA) is 76.4 Å². The molecule has 5 nitrogen and oxygen atoms in total. The van der Waals surface area contributed by atoms with Gasteiger partial charge in [0.1, 0.15) is 0 Å². The Kier molecular flexibility index (Phi) is 7.79. The number of hydrogen-bond donors (Lipinski definition) is 3. The Bertz CT molecular complexity index is 449. The zero-order valence-electron chi connectivity index (χ0n) is 13.2. The summed E-state index contributed by atoms with van der Waals surface area (Å²) in [5.41, 5.74) is 8.54. The molecule has 0 spiro atoms. The smallest absolute Gasteiger partial charge is 0.224 e. The van der Waals surface area contributed by atoms with Crippen LogP contribution in [0.25, 0.3) is 0 Å². The summed E-state index contributed by atoms with van der Waals surface area (Å²) in [5, 5.41) is 6.36. The summed E-state index contributed by atoms with van der Waals surface area (Å²) in [5.74, 6) is 0.0152. The third-order valence-electron chi connectivity index (χ3n) is 3.33. The first-order valence-electron chi connectivity index (χ1n) is 7.46. The lowest BCUT2D eigenvalue weighted by atomic mass is 10.1. The van der Waals surface area contributed by atoms with E-state index in [0.29, 0.717) is 19.6 Å². The van der Waals surface area contributed by atoms with E-state index in [0.717, 1.165) is 29.8 Å². The molecule has 1 amide bonds. The number of anilines is 2. The highest BCUT2D eigenvalue weighted by molar-refractivity contribution is 5.91. The number of carbonyl (C=O) groups is 1. The van der Waals surface area contributed by atoms with Gasteiger partial charge in [-0.15, -0.1) is 0 Å². The standard InChI is InChI=1S/C16H27N3O2/c1-4-16(20)19-13-8-7-12(2)15(10-13)18-14(11-21-3)6-5-9-17/h7-8,10,14,18H,4-6,9,11,17H2,1-3H3,(H,19,20). The van der Waals surface area contributed by atoms with Gasteiger partial charge in [0.2, 0.25) is 5.91 Å². The first-order chi connectivity index (χ1) is 10.1. The van der Waals surface area contributed by atoms with Crippen molar-refractivity contribution in [2.75, 3.05) is 30.9 Å². The lowest BCUT2D eigenvalue weighted by Crippen LogP contribution is -2.26. The van der Waals surface area contributed by atoms with E-state index in [-0.39, 0.29) is 11.9 Å². The van der Waals surface area contributed by atoms with Crippen molar-refractivity contribution in [3.8, 4) is 0 Å². The molecule has 0 aliphatic rings. The van der Waals surface area contributed by atoms with Gasteiger partial charge in [-0.25, -0.2) is 0 Å². The molecular formula is C16H27N3O2. The fraction of sp³-hybridized carbons (Fsp3) is 0.562. The minimum Gasteiger partial charge on any atom is -0.383 e. The van der Waals surface area contributed by atoms with E-state index >= 15 is 0 Å². The van der Waals surface area contributed by atoms with Crippen molar-refractivity contribution < 1.29 is 9.53 Å². The Morgan fingerprint density at radius 1 is 1.43 bits per heavy atom. The molecular weight excluding hydrogens is 266 g/mol.